The first-order chi connectivity index (χ1) is 15.2. The molecule has 6 rings (SSSR count). The third kappa shape index (κ3) is 3.17. The molecule has 0 aromatic carbocycles. The van der Waals surface area contributed by atoms with Crippen molar-refractivity contribution >= 4 is 11.0 Å². The number of hydrogen-bond donors (Lipinski definition) is 2. The molecule has 0 saturated carbocycles. The lowest BCUT2D eigenvalue weighted by Crippen LogP contribution is -2.43. The number of aromatic amines is 1. The molecule has 0 aliphatic carbocycles. The second-order valence-corrected chi connectivity index (χ2v) is 7.80. The Hall–Kier alpha value is -3.91. The number of rotatable bonds is 4. The Morgan fingerprint density at radius 3 is 2.71 bits per heavy atom. The van der Waals surface area contributed by atoms with Crippen molar-refractivity contribution < 1.29 is 0 Å². The van der Waals surface area contributed by atoms with Crippen molar-refractivity contribution in [1.82, 2.24) is 40.2 Å². The van der Waals surface area contributed by atoms with Crippen LogP contribution in [0.2, 0.25) is 0 Å². The molecule has 0 spiro atoms. The minimum atomic E-state index is 0.432. The van der Waals surface area contributed by atoms with E-state index in [2.05, 4.69) is 42.8 Å². The normalized spacial score (nSPS) is 14.1. The Morgan fingerprint density at radius 1 is 0.935 bits per heavy atom. The van der Waals surface area contributed by atoms with Gasteiger partial charge in [-0.25, -0.2) is 4.98 Å². The van der Waals surface area contributed by atoms with Gasteiger partial charge in [0.15, 0.2) is 0 Å². The summed E-state index contributed by atoms with van der Waals surface area (Å²) in [5.74, 6) is 0. The van der Waals surface area contributed by atoms with Gasteiger partial charge in [-0.2, -0.15) is 10.2 Å². The number of H-pyrrole nitrogens is 1. The van der Waals surface area contributed by atoms with Crippen molar-refractivity contribution in [3.63, 3.8) is 0 Å². The summed E-state index contributed by atoms with van der Waals surface area (Å²) in [6.45, 7) is 3.90. The second kappa shape index (κ2) is 7.10. The van der Waals surface area contributed by atoms with E-state index >= 15 is 0 Å². The Bertz CT molecular complexity index is 1400. The SMILES string of the molecule is Cc1cccc(-c2[nH]ncc2-c2ccc3ncc(-c4cnn(C5CNC5)c4)cc3n2)n1. The van der Waals surface area contributed by atoms with Crippen LogP contribution in [-0.2, 0) is 0 Å². The molecular weight excluding hydrogens is 388 g/mol. The van der Waals surface area contributed by atoms with Crippen LogP contribution in [0.3, 0.4) is 0 Å². The molecule has 0 unspecified atom stereocenters. The third-order valence-corrected chi connectivity index (χ3v) is 5.67. The highest BCUT2D eigenvalue weighted by Crippen LogP contribution is 2.30. The average Bonchev–Trinajstić information content (AvgIpc) is 3.42. The van der Waals surface area contributed by atoms with Gasteiger partial charge in [-0.05, 0) is 37.3 Å². The summed E-state index contributed by atoms with van der Waals surface area (Å²) in [5.41, 5.74) is 8.13. The summed E-state index contributed by atoms with van der Waals surface area (Å²) in [5, 5.41) is 15.1. The molecule has 6 heterocycles. The van der Waals surface area contributed by atoms with Crippen LogP contribution in [0.4, 0.5) is 0 Å². The van der Waals surface area contributed by atoms with E-state index < -0.39 is 0 Å². The van der Waals surface area contributed by atoms with Crippen LogP contribution in [0, 0.1) is 6.92 Å². The van der Waals surface area contributed by atoms with Crippen molar-refractivity contribution in [2.75, 3.05) is 13.1 Å². The number of hydrogen-bond acceptors (Lipinski definition) is 6. The van der Waals surface area contributed by atoms with Gasteiger partial charge in [0.05, 0.1) is 46.6 Å². The van der Waals surface area contributed by atoms with Crippen molar-refractivity contribution in [2.24, 2.45) is 0 Å². The first kappa shape index (κ1) is 17.9. The maximum absolute atomic E-state index is 4.89. The Balaban J connectivity index is 1.39. The third-order valence-electron chi connectivity index (χ3n) is 5.67. The topological polar surface area (TPSA) is 97.2 Å². The van der Waals surface area contributed by atoms with Crippen LogP contribution in [-0.4, -0.2) is 48.0 Å². The van der Waals surface area contributed by atoms with Gasteiger partial charge in [0.25, 0.3) is 0 Å². The molecule has 8 nitrogen and oxygen atoms in total. The maximum Gasteiger partial charge on any atom is 0.0928 e. The van der Waals surface area contributed by atoms with E-state index in [4.69, 9.17) is 4.98 Å². The molecule has 1 aliphatic rings. The summed E-state index contributed by atoms with van der Waals surface area (Å²) in [6, 6.07) is 12.4. The zero-order chi connectivity index (χ0) is 20.8. The number of pyridine rings is 3. The van der Waals surface area contributed by atoms with Crippen molar-refractivity contribution in [1.29, 1.82) is 0 Å². The number of aryl methyl sites for hydroxylation is 1. The molecule has 0 amide bonds. The molecular formula is C23H20N8. The molecule has 152 valence electrons. The Morgan fingerprint density at radius 2 is 1.87 bits per heavy atom. The second-order valence-electron chi connectivity index (χ2n) is 7.80. The largest absolute Gasteiger partial charge is 0.312 e. The molecule has 31 heavy (non-hydrogen) atoms. The summed E-state index contributed by atoms with van der Waals surface area (Å²) >= 11 is 0. The number of nitrogens with zero attached hydrogens (tertiary/aromatic N) is 6. The number of fused-ring (bicyclic) bond motifs is 1. The highest BCUT2D eigenvalue weighted by molar-refractivity contribution is 5.84. The standard InChI is InChI=1S/C23H20N8/c1-14-3-2-4-21(28-14)23-18(12-26-30-23)19-5-6-20-22(29-19)7-15(8-25-20)16-9-27-31(13-16)17-10-24-11-17/h2-9,12-13,17,24H,10-11H2,1H3,(H,26,30). The Labute approximate surface area is 178 Å². The highest BCUT2D eigenvalue weighted by Gasteiger charge is 2.20. The average molecular weight is 408 g/mol. The summed E-state index contributed by atoms with van der Waals surface area (Å²) in [4.78, 5) is 14.1. The van der Waals surface area contributed by atoms with Gasteiger partial charge >= 0.3 is 0 Å². The Kier molecular flexibility index (Phi) is 4.10. The summed E-state index contributed by atoms with van der Waals surface area (Å²) in [7, 11) is 0. The fourth-order valence-electron chi connectivity index (χ4n) is 3.82. The summed E-state index contributed by atoms with van der Waals surface area (Å²) < 4.78 is 2.02. The fourth-order valence-corrected chi connectivity index (χ4v) is 3.82. The lowest BCUT2D eigenvalue weighted by Gasteiger charge is -2.27. The quantitative estimate of drug-likeness (QED) is 0.473. The van der Waals surface area contributed by atoms with Gasteiger partial charge in [0.1, 0.15) is 0 Å². The van der Waals surface area contributed by atoms with Crippen LogP contribution in [0.1, 0.15) is 11.7 Å². The predicted molar refractivity (Wildman–Crippen MR) is 118 cm³/mol. The van der Waals surface area contributed by atoms with E-state index in [0.29, 0.717) is 6.04 Å². The first-order valence-corrected chi connectivity index (χ1v) is 10.2. The minimum Gasteiger partial charge on any atom is -0.312 e. The molecule has 1 saturated heterocycles. The zero-order valence-electron chi connectivity index (χ0n) is 16.9. The zero-order valence-corrected chi connectivity index (χ0v) is 16.9. The smallest absolute Gasteiger partial charge is 0.0928 e. The van der Waals surface area contributed by atoms with E-state index in [-0.39, 0.29) is 0 Å². The molecule has 1 aliphatic heterocycles. The van der Waals surface area contributed by atoms with E-state index in [1.807, 2.05) is 54.3 Å². The van der Waals surface area contributed by atoms with Crippen LogP contribution in [0.25, 0.3) is 44.8 Å². The van der Waals surface area contributed by atoms with Gasteiger partial charge in [0.2, 0.25) is 0 Å². The maximum atomic E-state index is 4.89. The number of nitrogens with one attached hydrogen (secondary N) is 2. The molecule has 0 atom stereocenters. The lowest BCUT2D eigenvalue weighted by atomic mass is 10.1. The number of aromatic nitrogens is 7. The van der Waals surface area contributed by atoms with Crippen molar-refractivity contribution in [3.8, 4) is 33.8 Å². The summed E-state index contributed by atoms with van der Waals surface area (Å²) in [6.07, 6.45) is 7.64. The van der Waals surface area contributed by atoms with Gasteiger partial charge < -0.3 is 5.32 Å². The first-order valence-electron chi connectivity index (χ1n) is 10.2. The van der Waals surface area contributed by atoms with Crippen molar-refractivity contribution in [3.05, 3.63) is 66.9 Å². The van der Waals surface area contributed by atoms with Crippen LogP contribution < -0.4 is 5.32 Å². The molecule has 1 fully saturated rings. The van der Waals surface area contributed by atoms with Crippen LogP contribution in [0.5, 0.6) is 0 Å². The fraction of sp³-hybridized carbons (Fsp3) is 0.174. The minimum absolute atomic E-state index is 0.432. The molecule has 5 aromatic rings. The van der Waals surface area contributed by atoms with Crippen molar-refractivity contribution in [2.45, 2.75) is 13.0 Å². The van der Waals surface area contributed by atoms with E-state index in [9.17, 15) is 0 Å². The van der Waals surface area contributed by atoms with Crippen LogP contribution >= 0.6 is 0 Å². The van der Waals surface area contributed by atoms with E-state index in [0.717, 1.165) is 63.6 Å². The highest BCUT2D eigenvalue weighted by atomic mass is 15.3. The molecule has 5 aromatic heterocycles. The lowest BCUT2D eigenvalue weighted by molar-refractivity contribution is 0.318. The van der Waals surface area contributed by atoms with Gasteiger partial charge in [0, 0.05) is 47.9 Å². The molecule has 2 N–H and O–H groups in total. The van der Waals surface area contributed by atoms with Gasteiger partial charge in [-0.1, -0.05) is 6.07 Å². The van der Waals surface area contributed by atoms with E-state index in [1.54, 1.807) is 6.20 Å². The van der Waals surface area contributed by atoms with Gasteiger partial charge in [-0.3, -0.25) is 19.7 Å². The monoisotopic (exact) mass is 408 g/mol. The van der Waals surface area contributed by atoms with E-state index in [1.165, 1.54) is 0 Å². The molecule has 0 bridgehead atoms. The van der Waals surface area contributed by atoms with Crippen LogP contribution in [0.15, 0.2) is 61.2 Å². The molecule has 0 radical (unpaired) electrons. The predicted octanol–water partition coefficient (Wildman–Crippen LogP) is 3.40. The molecule has 8 heteroatoms. The van der Waals surface area contributed by atoms with Gasteiger partial charge in [-0.15, -0.1) is 0 Å².